The summed E-state index contributed by atoms with van der Waals surface area (Å²) in [5.41, 5.74) is -2.13. The number of rotatable bonds is 4. The van der Waals surface area contributed by atoms with Gasteiger partial charge in [-0.25, -0.2) is 21.6 Å². The lowest BCUT2D eigenvalue weighted by molar-refractivity contribution is -0.0813. The van der Waals surface area contributed by atoms with E-state index in [2.05, 4.69) is 5.32 Å². The number of β-amino-alcohol motifs (C(OH)–C–C–N with tert-alkyl or cyclic N) is 1. The van der Waals surface area contributed by atoms with Gasteiger partial charge in [0.1, 0.15) is 22.1 Å². The topological polar surface area (TPSA) is 95.9 Å². The van der Waals surface area contributed by atoms with Crippen molar-refractivity contribution in [3.63, 3.8) is 0 Å². The third kappa shape index (κ3) is 5.24. The molecule has 12 heteroatoms. The minimum Gasteiger partial charge on any atom is -0.386 e. The van der Waals surface area contributed by atoms with Gasteiger partial charge >= 0.3 is 0 Å². The van der Waals surface area contributed by atoms with Crippen LogP contribution in [0.2, 0.25) is 5.02 Å². The van der Waals surface area contributed by atoms with Crippen molar-refractivity contribution in [3.8, 4) is 0 Å². The predicted molar refractivity (Wildman–Crippen MR) is 111 cm³/mol. The number of aliphatic hydroxyl groups is 1. The average molecular weight is 493 g/mol. The number of sulfonamides is 1. The van der Waals surface area contributed by atoms with E-state index in [1.807, 2.05) is 0 Å². The zero-order valence-electron chi connectivity index (χ0n) is 16.8. The molecule has 174 valence electrons. The van der Waals surface area contributed by atoms with Gasteiger partial charge in [-0.05, 0) is 43.3 Å². The minimum absolute atomic E-state index is 0.140. The molecule has 1 amide bonds. The van der Waals surface area contributed by atoms with Crippen LogP contribution in [-0.2, 0) is 14.8 Å². The molecule has 2 N–H and O–H groups in total. The second-order valence-electron chi connectivity index (χ2n) is 7.47. The first kappa shape index (κ1) is 24.5. The molecule has 1 aliphatic heterocycles. The molecule has 1 saturated heterocycles. The summed E-state index contributed by atoms with van der Waals surface area (Å²) < 4.78 is 73.8. The summed E-state index contributed by atoms with van der Waals surface area (Å²) in [5, 5.41) is 12.5. The highest BCUT2D eigenvalue weighted by Crippen LogP contribution is 2.26. The Kier molecular flexibility index (Phi) is 7.15. The van der Waals surface area contributed by atoms with Crippen molar-refractivity contribution in [3.05, 3.63) is 58.6 Å². The number of amides is 1. The van der Waals surface area contributed by atoms with Crippen molar-refractivity contribution in [1.82, 2.24) is 4.31 Å². The monoisotopic (exact) mass is 492 g/mol. The molecule has 0 aliphatic carbocycles. The standard InChI is InChI=1S/C20H20ClF3N2O5S/c1-20(28)11-26(6-7-31-10-18(20)24)32(29,30)17-8-12(2-4-16(17)23)19(27)25-13-3-5-15(22)14(21)9-13/h2-5,8-9,18,28H,6-7,10-11H2,1H3,(H,25,27)/t18-,20+/m0/s1. The maximum absolute atomic E-state index is 14.5. The summed E-state index contributed by atoms with van der Waals surface area (Å²) in [5.74, 6) is -2.62. The van der Waals surface area contributed by atoms with E-state index >= 15 is 0 Å². The Labute approximate surface area is 187 Å². The lowest BCUT2D eigenvalue weighted by atomic mass is 10.0. The number of nitrogens with one attached hydrogen (secondary N) is 1. The van der Waals surface area contributed by atoms with E-state index < -0.39 is 57.4 Å². The summed E-state index contributed by atoms with van der Waals surface area (Å²) in [6.07, 6.45) is -1.86. The van der Waals surface area contributed by atoms with E-state index in [0.29, 0.717) is 4.31 Å². The van der Waals surface area contributed by atoms with Crippen molar-refractivity contribution in [2.75, 3.05) is 31.6 Å². The number of anilines is 1. The Morgan fingerprint density at radius 3 is 2.62 bits per heavy atom. The first-order valence-electron chi connectivity index (χ1n) is 9.42. The van der Waals surface area contributed by atoms with E-state index in [-0.39, 0.29) is 29.4 Å². The van der Waals surface area contributed by atoms with Gasteiger partial charge in [-0.15, -0.1) is 0 Å². The van der Waals surface area contributed by atoms with Crippen molar-refractivity contribution in [2.45, 2.75) is 23.6 Å². The average Bonchev–Trinajstić information content (AvgIpc) is 2.71. The van der Waals surface area contributed by atoms with Crippen LogP contribution in [0.15, 0.2) is 41.3 Å². The number of ether oxygens (including phenoxy) is 1. The molecule has 1 fully saturated rings. The SMILES string of the molecule is C[C@@]1(O)CN(S(=O)(=O)c2cc(C(=O)Nc3ccc(F)c(Cl)c3)ccc2F)CCOC[C@@H]1F. The van der Waals surface area contributed by atoms with Crippen molar-refractivity contribution < 1.29 is 36.2 Å². The van der Waals surface area contributed by atoms with Crippen LogP contribution in [0.3, 0.4) is 0 Å². The molecule has 0 saturated carbocycles. The van der Waals surface area contributed by atoms with Gasteiger partial charge in [0.05, 0.1) is 18.2 Å². The van der Waals surface area contributed by atoms with Crippen molar-refractivity contribution in [1.29, 1.82) is 0 Å². The fraction of sp³-hybridized carbons (Fsp3) is 0.350. The molecule has 2 aromatic rings. The Balaban J connectivity index is 1.91. The number of alkyl halides is 1. The number of hydrogen-bond donors (Lipinski definition) is 2. The molecule has 1 aliphatic rings. The second-order valence-corrected chi connectivity index (χ2v) is 9.78. The van der Waals surface area contributed by atoms with Crippen LogP contribution in [0.4, 0.5) is 18.9 Å². The van der Waals surface area contributed by atoms with Gasteiger partial charge in [0.15, 0.2) is 6.17 Å². The smallest absolute Gasteiger partial charge is 0.255 e. The molecular formula is C20H20ClF3N2O5S. The molecule has 2 aromatic carbocycles. The quantitative estimate of drug-likeness (QED) is 0.684. The van der Waals surface area contributed by atoms with Crippen LogP contribution in [0.1, 0.15) is 17.3 Å². The Morgan fingerprint density at radius 1 is 1.25 bits per heavy atom. The van der Waals surface area contributed by atoms with Crippen LogP contribution >= 0.6 is 11.6 Å². The van der Waals surface area contributed by atoms with Gasteiger partial charge in [-0.1, -0.05) is 11.6 Å². The second kappa shape index (κ2) is 9.36. The Bertz CT molecular complexity index is 1130. The van der Waals surface area contributed by atoms with Gasteiger partial charge in [0, 0.05) is 24.3 Å². The minimum atomic E-state index is -4.57. The number of carbonyl (C=O) groups is 1. The number of nitrogens with zero attached hydrogens (tertiary/aromatic N) is 1. The van der Waals surface area contributed by atoms with Crippen LogP contribution in [-0.4, -0.2) is 61.8 Å². The summed E-state index contributed by atoms with van der Waals surface area (Å²) in [7, 11) is -4.57. The number of carbonyl (C=O) groups excluding carboxylic acids is 1. The Morgan fingerprint density at radius 2 is 1.94 bits per heavy atom. The van der Waals surface area contributed by atoms with Crippen LogP contribution in [0.25, 0.3) is 0 Å². The third-order valence-corrected chi connectivity index (χ3v) is 7.06. The highest BCUT2D eigenvalue weighted by atomic mass is 35.5. The van der Waals surface area contributed by atoms with E-state index in [0.717, 1.165) is 37.3 Å². The maximum atomic E-state index is 14.5. The number of halogens is 4. The maximum Gasteiger partial charge on any atom is 0.255 e. The fourth-order valence-corrected chi connectivity index (χ4v) is 4.83. The fourth-order valence-electron chi connectivity index (χ4n) is 3.03. The van der Waals surface area contributed by atoms with Gasteiger partial charge in [-0.3, -0.25) is 4.79 Å². The molecule has 0 bridgehead atoms. The van der Waals surface area contributed by atoms with Gasteiger partial charge < -0.3 is 15.2 Å². The predicted octanol–water partition coefficient (Wildman–Crippen LogP) is 2.98. The number of benzene rings is 2. The molecule has 0 radical (unpaired) electrons. The van der Waals surface area contributed by atoms with Crippen LogP contribution in [0, 0.1) is 11.6 Å². The molecule has 0 spiro atoms. The van der Waals surface area contributed by atoms with Gasteiger partial charge in [-0.2, -0.15) is 4.31 Å². The van der Waals surface area contributed by atoms with Crippen molar-refractivity contribution >= 4 is 33.2 Å². The Hall–Kier alpha value is -2.18. The molecule has 3 rings (SSSR count). The van der Waals surface area contributed by atoms with Crippen LogP contribution < -0.4 is 5.32 Å². The molecule has 1 heterocycles. The zero-order chi connectivity index (χ0) is 23.7. The van der Waals surface area contributed by atoms with Crippen LogP contribution in [0.5, 0.6) is 0 Å². The van der Waals surface area contributed by atoms with E-state index in [1.54, 1.807) is 0 Å². The van der Waals surface area contributed by atoms with E-state index in [4.69, 9.17) is 16.3 Å². The summed E-state index contributed by atoms with van der Waals surface area (Å²) in [6.45, 7) is -0.344. The van der Waals surface area contributed by atoms with E-state index in [9.17, 15) is 31.5 Å². The summed E-state index contributed by atoms with van der Waals surface area (Å²) in [4.78, 5) is 11.7. The van der Waals surface area contributed by atoms with Crippen molar-refractivity contribution in [2.24, 2.45) is 0 Å². The molecular weight excluding hydrogens is 473 g/mol. The largest absolute Gasteiger partial charge is 0.386 e. The molecule has 32 heavy (non-hydrogen) atoms. The molecule has 0 aromatic heterocycles. The number of hydrogen-bond acceptors (Lipinski definition) is 5. The lowest BCUT2D eigenvalue weighted by Gasteiger charge is -2.35. The normalized spacial score (nSPS) is 22.8. The highest BCUT2D eigenvalue weighted by molar-refractivity contribution is 7.89. The van der Waals surface area contributed by atoms with E-state index in [1.165, 1.54) is 6.07 Å². The molecule has 0 unspecified atom stereocenters. The molecule has 2 atom stereocenters. The third-order valence-electron chi connectivity index (χ3n) is 4.91. The van der Waals surface area contributed by atoms with Gasteiger partial charge in [0.2, 0.25) is 10.0 Å². The molecule has 7 nitrogen and oxygen atoms in total. The van der Waals surface area contributed by atoms with Gasteiger partial charge in [0.25, 0.3) is 5.91 Å². The lowest BCUT2D eigenvalue weighted by Crippen LogP contribution is -2.53. The summed E-state index contributed by atoms with van der Waals surface area (Å²) >= 11 is 5.68. The highest BCUT2D eigenvalue weighted by Gasteiger charge is 2.40. The summed E-state index contributed by atoms with van der Waals surface area (Å²) in [6, 6.07) is 6.13. The zero-order valence-corrected chi connectivity index (χ0v) is 18.4. The first-order valence-corrected chi connectivity index (χ1v) is 11.2. The first-order chi connectivity index (χ1) is 14.9.